The minimum atomic E-state index is 0.662. The molecule has 0 aromatic heterocycles. The molecule has 78 valence electrons. The molecule has 0 N–H and O–H groups in total. The fraction of sp³-hybridized carbons (Fsp3) is 0.818. The van der Waals surface area contributed by atoms with Gasteiger partial charge in [-0.3, -0.25) is 0 Å². The van der Waals surface area contributed by atoms with Crippen LogP contribution < -0.4 is 0 Å². The van der Waals surface area contributed by atoms with E-state index in [1.165, 1.54) is 49.4 Å². The van der Waals surface area contributed by atoms with E-state index in [0.29, 0.717) is 5.88 Å². The summed E-state index contributed by atoms with van der Waals surface area (Å²) in [5, 5.41) is 0. The van der Waals surface area contributed by atoms with Gasteiger partial charge in [0.1, 0.15) is 0 Å². The summed E-state index contributed by atoms with van der Waals surface area (Å²) in [7, 11) is 0. The molecule has 0 bridgehead atoms. The van der Waals surface area contributed by atoms with Crippen molar-refractivity contribution in [3.63, 3.8) is 0 Å². The summed E-state index contributed by atoms with van der Waals surface area (Å²) < 4.78 is 1.32. The van der Waals surface area contributed by atoms with Crippen molar-refractivity contribution in [2.45, 2.75) is 44.9 Å². The maximum Gasteiger partial charge on any atom is 0.0404 e. The largest absolute Gasteiger partial charge is 0.122 e. The van der Waals surface area contributed by atoms with Crippen molar-refractivity contribution in [3.05, 3.63) is 12.2 Å². The minimum absolute atomic E-state index is 0.662. The summed E-state index contributed by atoms with van der Waals surface area (Å²) in [5.41, 5.74) is 0. The van der Waals surface area contributed by atoms with Gasteiger partial charge in [0, 0.05) is 5.88 Å². The predicted molar refractivity (Wildman–Crippen MR) is 71.1 cm³/mol. The first-order chi connectivity index (χ1) is 6.41. The van der Waals surface area contributed by atoms with Crippen LogP contribution in [0.5, 0.6) is 0 Å². The van der Waals surface area contributed by atoms with Crippen LogP contribution in [0.25, 0.3) is 0 Å². The van der Waals surface area contributed by atoms with Crippen LogP contribution in [0, 0.1) is 0 Å². The third-order valence-electron chi connectivity index (χ3n) is 2.01. The molecule has 0 heterocycles. The number of unbranched alkanes of at least 4 members (excludes halogenated alkanes) is 6. The maximum absolute atomic E-state index is 5.51. The van der Waals surface area contributed by atoms with E-state index in [2.05, 4.69) is 28.7 Å². The van der Waals surface area contributed by atoms with E-state index in [1.54, 1.807) is 0 Å². The third-order valence-corrected chi connectivity index (χ3v) is 2.95. The van der Waals surface area contributed by atoms with Gasteiger partial charge in [-0.2, -0.15) is 0 Å². The fourth-order valence-corrected chi connectivity index (χ4v) is 1.91. The molecule has 2 heteroatoms. The topological polar surface area (TPSA) is 0 Å². The van der Waals surface area contributed by atoms with E-state index in [0.717, 1.165) is 0 Å². The highest BCUT2D eigenvalue weighted by molar-refractivity contribution is 14.1. The zero-order chi connectivity index (χ0) is 9.78. The third kappa shape index (κ3) is 12.8. The van der Waals surface area contributed by atoms with Gasteiger partial charge in [-0.25, -0.2) is 0 Å². The molecule has 0 unspecified atom stereocenters. The number of alkyl halides is 2. The van der Waals surface area contributed by atoms with Gasteiger partial charge in [0.15, 0.2) is 0 Å². The van der Waals surface area contributed by atoms with Crippen LogP contribution in [0.3, 0.4) is 0 Å². The van der Waals surface area contributed by atoms with Gasteiger partial charge in [0.05, 0.1) is 0 Å². The second kappa shape index (κ2) is 12.8. The monoisotopic (exact) mass is 314 g/mol. The lowest BCUT2D eigenvalue weighted by atomic mass is 10.1. The van der Waals surface area contributed by atoms with E-state index >= 15 is 0 Å². The molecule has 13 heavy (non-hydrogen) atoms. The van der Waals surface area contributed by atoms with Crippen molar-refractivity contribution in [1.29, 1.82) is 0 Å². The van der Waals surface area contributed by atoms with Crippen LogP contribution >= 0.6 is 34.2 Å². The Hall–Kier alpha value is 0.760. The quantitative estimate of drug-likeness (QED) is 0.244. The van der Waals surface area contributed by atoms with Crippen molar-refractivity contribution in [2.75, 3.05) is 10.3 Å². The second-order valence-corrected chi connectivity index (χ2v) is 4.61. The summed E-state index contributed by atoms with van der Waals surface area (Å²) >= 11 is 7.96. The van der Waals surface area contributed by atoms with Crippen molar-refractivity contribution < 1.29 is 0 Å². The zero-order valence-electron chi connectivity index (χ0n) is 8.27. The second-order valence-electron chi connectivity index (χ2n) is 3.22. The molecule has 0 aromatic carbocycles. The fourth-order valence-electron chi connectivity index (χ4n) is 1.24. The molecule has 0 nitrogen and oxygen atoms in total. The van der Waals surface area contributed by atoms with Crippen LogP contribution in [0.2, 0.25) is 0 Å². The first-order valence-electron chi connectivity index (χ1n) is 5.18. The molecule has 0 aliphatic rings. The molecule has 0 aliphatic carbocycles. The Bertz CT molecular complexity index is 113. The van der Waals surface area contributed by atoms with Crippen molar-refractivity contribution in [1.82, 2.24) is 0 Å². The Labute approximate surface area is 101 Å². The summed E-state index contributed by atoms with van der Waals surface area (Å²) in [6, 6.07) is 0. The van der Waals surface area contributed by atoms with E-state index in [4.69, 9.17) is 11.6 Å². The van der Waals surface area contributed by atoms with Crippen molar-refractivity contribution >= 4 is 34.2 Å². The number of halogens is 2. The molecule has 0 atom stereocenters. The number of rotatable bonds is 9. The summed E-state index contributed by atoms with van der Waals surface area (Å²) in [6.45, 7) is 0. The highest BCUT2D eigenvalue weighted by Crippen LogP contribution is 2.08. The van der Waals surface area contributed by atoms with Gasteiger partial charge < -0.3 is 0 Å². The Morgan fingerprint density at radius 1 is 0.846 bits per heavy atom. The average molecular weight is 315 g/mol. The van der Waals surface area contributed by atoms with Crippen LogP contribution in [0.1, 0.15) is 44.9 Å². The van der Waals surface area contributed by atoms with E-state index < -0.39 is 0 Å². The predicted octanol–water partition coefficient (Wildman–Crippen LogP) is 4.95. The van der Waals surface area contributed by atoms with Gasteiger partial charge in [-0.15, -0.1) is 11.6 Å². The molecular formula is C11H20ClI. The molecule has 0 aromatic rings. The molecule has 0 amide bonds. The molecule has 0 radical (unpaired) electrons. The van der Waals surface area contributed by atoms with Crippen LogP contribution in [-0.2, 0) is 0 Å². The van der Waals surface area contributed by atoms with Gasteiger partial charge in [-0.05, 0) is 23.7 Å². The molecule has 0 spiro atoms. The van der Waals surface area contributed by atoms with E-state index in [9.17, 15) is 0 Å². The van der Waals surface area contributed by atoms with Gasteiger partial charge in [0.2, 0.25) is 0 Å². The maximum atomic E-state index is 5.51. The lowest BCUT2D eigenvalue weighted by Crippen LogP contribution is -1.80. The van der Waals surface area contributed by atoms with E-state index in [1.807, 2.05) is 6.08 Å². The minimum Gasteiger partial charge on any atom is -0.122 e. The lowest BCUT2D eigenvalue weighted by Gasteiger charge is -1.98. The molecule has 0 saturated carbocycles. The van der Waals surface area contributed by atoms with Crippen molar-refractivity contribution in [3.8, 4) is 0 Å². The molecule has 0 fully saturated rings. The Balaban J connectivity index is 2.87. The Morgan fingerprint density at radius 3 is 2.08 bits per heavy atom. The molecule has 0 rings (SSSR count). The average Bonchev–Trinajstić information content (AvgIpc) is 2.16. The standard InChI is InChI=1S/C11H20ClI/c12-10-8-6-4-2-1-3-5-7-9-11-13/h6,8H,1-5,7,9-11H2. The highest BCUT2D eigenvalue weighted by Gasteiger charge is 1.89. The first kappa shape index (κ1) is 13.8. The lowest BCUT2D eigenvalue weighted by molar-refractivity contribution is 0.614. The van der Waals surface area contributed by atoms with Crippen molar-refractivity contribution in [2.24, 2.45) is 0 Å². The Kier molecular flexibility index (Phi) is 13.5. The van der Waals surface area contributed by atoms with Gasteiger partial charge in [-0.1, -0.05) is 60.4 Å². The molecule has 0 saturated heterocycles. The SMILES string of the molecule is ClCC=CCCCCCCCCI. The first-order valence-corrected chi connectivity index (χ1v) is 7.24. The van der Waals surface area contributed by atoms with Gasteiger partial charge in [0.25, 0.3) is 0 Å². The summed E-state index contributed by atoms with van der Waals surface area (Å²) in [4.78, 5) is 0. The summed E-state index contributed by atoms with van der Waals surface area (Å²) in [6.07, 6.45) is 13.8. The number of allylic oxidation sites excluding steroid dienone is 2. The highest BCUT2D eigenvalue weighted by atomic mass is 127. The van der Waals surface area contributed by atoms with Gasteiger partial charge >= 0.3 is 0 Å². The van der Waals surface area contributed by atoms with Crippen LogP contribution in [-0.4, -0.2) is 10.3 Å². The molecular weight excluding hydrogens is 294 g/mol. The number of hydrogen-bond donors (Lipinski definition) is 0. The number of hydrogen-bond acceptors (Lipinski definition) is 0. The smallest absolute Gasteiger partial charge is 0.0404 e. The van der Waals surface area contributed by atoms with Crippen LogP contribution in [0.4, 0.5) is 0 Å². The normalized spacial score (nSPS) is 11.2. The zero-order valence-corrected chi connectivity index (χ0v) is 11.2. The Morgan fingerprint density at radius 2 is 1.46 bits per heavy atom. The van der Waals surface area contributed by atoms with E-state index in [-0.39, 0.29) is 0 Å². The van der Waals surface area contributed by atoms with Crippen LogP contribution in [0.15, 0.2) is 12.2 Å². The summed E-state index contributed by atoms with van der Waals surface area (Å²) in [5.74, 6) is 0.662. The molecule has 0 aliphatic heterocycles.